The molecule has 0 radical (unpaired) electrons. The lowest BCUT2D eigenvalue weighted by Gasteiger charge is -2.17. The van der Waals surface area contributed by atoms with Crippen LogP contribution in [0.1, 0.15) is 31.1 Å². The number of benzene rings is 2. The maximum absolute atomic E-state index is 5.97. The molecule has 0 aromatic heterocycles. The second kappa shape index (κ2) is 8.23. The van der Waals surface area contributed by atoms with Crippen LogP contribution in [0.15, 0.2) is 78.9 Å². The molecule has 1 heteroatoms. The number of hydrogen-bond acceptors (Lipinski definition) is 1. The van der Waals surface area contributed by atoms with Gasteiger partial charge in [0.15, 0.2) is 0 Å². The van der Waals surface area contributed by atoms with Crippen LogP contribution in [-0.4, -0.2) is 6.10 Å². The van der Waals surface area contributed by atoms with E-state index in [2.05, 4.69) is 56.3 Å². The standard InChI is InChI=1S/C20H22O/c1-17(2)21-20(19-14-7-4-8-15-19)16-10-9-13-18-11-5-3-6-12-18/h3-17,20H,1-2H3/b13-9+,16-10+. The molecule has 1 nitrogen and oxygen atoms in total. The van der Waals surface area contributed by atoms with Gasteiger partial charge in [-0.25, -0.2) is 0 Å². The largest absolute Gasteiger partial charge is 0.367 e. The first kappa shape index (κ1) is 15.3. The van der Waals surface area contributed by atoms with Gasteiger partial charge in [0.25, 0.3) is 0 Å². The third-order valence-corrected chi connectivity index (χ3v) is 3.03. The smallest absolute Gasteiger partial charge is 0.101 e. The van der Waals surface area contributed by atoms with Crippen molar-refractivity contribution in [2.75, 3.05) is 0 Å². The Kier molecular flexibility index (Phi) is 5.99. The zero-order valence-corrected chi connectivity index (χ0v) is 12.6. The van der Waals surface area contributed by atoms with Crippen LogP contribution in [0.3, 0.4) is 0 Å². The maximum Gasteiger partial charge on any atom is 0.101 e. The number of rotatable bonds is 6. The van der Waals surface area contributed by atoms with Crippen LogP contribution in [0.2, 0.25) is 0 Å². The fourth-order valence-corrected chi connectivity index (χ4v) is 2.07. The highest BCUT2D eigenvalue weighted by Gasteiger charge is 2.09. The zero-order valence-electron chi connectivity index (χ0n) is 12.6. The van der Waals surface area contributed by atoms with Crippen LogP contribution in [0.5, 0.6) is 0 Å². The molecule has 0 fully saturated rings. The van der Waals surface area contributed by atoms with E-state index in [1.807, 2.05) is 42.5 Å². The van der Waals surface area contributed by atoms with Crippen molar-refractivity contribution in [1.29, 1.82) is 0 Å². The Bertz CT molecular complexity index is 567. The Morgan fingerprint density at radius 1 is 0.810 bits per heavy atom. The first-order valence-electron chi connectivity index (χ1n) is 7.36. The van der Waals surface area contributed by atoms with E-state index in [1.54, 1.807) is 0 Å². The summed E-state index contributed by atoms with van der Waals surface area (Å²) in [7, 11) is 0. The monoisotopic (exact) mass is 278 g/mol. The highest BCUT2D eigenvalue weighted by atomic mass is 16.5. The summed E-state index contributed by atoms with van der Waals surface area (Å²) in [5, 5.41) is 0. The summed E-state index contributed by atoms with van der Waals surface area (Å²) < 4.78 is 5.97. The predicted molar refractivity (Wildman–Crippen MR) is 90.0 cm³/mol. The topological polar surface area (TPSA) is 9.23 Å². The summed E-state index contributed by atoms with van der Waals surface area (Å²) >= 11 is 0. The van der Waals surface area contributed by atoms with Crippen molar-refractivity contribution in [3.63, 3.8) is 0 Å². The molecule has 2 aromatic rings. The Labute approximate surface area is 127 Å². The average Bonchev–Trinajstić information content (AvgIpc) is 2.52. The quantitative estimate of drug-likeness (QED) is 0.641. The lowest BCUT2D eigenvalue weighted by molar-refractivity contribution is 0.0348. The van der Waals surface area contributed by atoms with Gasteiger partial charge in [-0.05, 0) is 25.0 Å². The molecule has 0 saturated heterocycles. The molecule has 1 unspecified atom stereocenters. The summed E-state index contributed by atoms with van der Waals surface area (Å²) in [6.45, 7) is 4.12. The first-order chi connectivity index (χ1) is 10.3. The lowest BCUT2D eigenvalue weighted by Crippen LogP contribution is -2.08. The van der Waals surface area contributed by atoms with E-state index in [4.69, 9.17) is 4.74 Å². The van der Waals surface area contributed by atoms with Crippen LogP contribution in [0, 0.1) is 0 Å². The Morgan fingerprint density at radius 2 is 1.43 bits per heavy atom. The van der Waals surface area contributed by atoms with E-state index < -0.39 is 0 Å². The Morgan fingerprint density at radius 3 is 2.05 bits per heavy atom. The maximum atomic E-state index is 5.97. The van der Waals surface area contributed by atoms with Crippen LogP contribution in [0.25, 0.3) is 6.08 Å². The summed E-state index contributed by atoms with van der Waals surface area (Å²) in [6, 6.07) is 20.6. The summed E-state index contributed by atoms with van der Waals surface area (Å²) in [5.74, 6) is 0. The number of allylic oxidation sites excluding steroid dienone is 2. The molecule has 0 spiro atoms. The van der Waals surface area contributed by atoms with Crippen LogP contribution in [-0.2, 0) is 4.74 Å². The van der Waals surface area contributed by atoms with Gasteiger partial charge in [0.05, 0.1) is 6.10 Å². The Hall–Kier alpha value is -2.12. The summed E-state index contributed by atoms with van der Waals surface area (Å²) in [4.78, 5) is 0. The lowest BCUT2D eigenvalue weighted by atomic mass is 10.1. The van der Waals surface area contributed by atoms with E-state index in [0.717, 1.165) is 0 Å². The fraction of sp³-hybridized carbons (Fsp3) is 0.200. The zero-order chi connectivity index (χ0) is 14.9. The second-order valence-corrected chi connectivity index (χ2v) is 5.17. The molecule has 0 aliphatic heterocycles. The van der Waals surface area contributed by atoms with Gasteiger partial charge in [0.1, 0.15) is 6.10 Å². The molecule has 0 saturated carbocycles. The minimum Gasteiger partial charge on any atom is -0.367 e. The van der Waals surface area contributed by atoms with E-state index in [-0.39, 0.29) is 12.2 Å². The van der Waals surface area contributed by atoms with Gasteiger partial charge in [0.2, 0.25) is 0 Å². The van der Waals surface area contributed by atoms with Crippen molar-refractivity contribution >= 4 is 6.08 Å². The molecule has 1 atom stereocenters. The molecule has 0 aliphatic carbocycles. The molecule has 2 rings (SSSR count). The van der Waals surface area contributed by atoms with E-state index in [1.165, 1.54) is 11.1 Å². The minimum atomic E-state index is -0.00776. The molecule has 21 heavy (non-hydrogen) atoms. The minimum absolute atomic E-state index is 0.00776. The van der Waals surface area contributed by atoms with Crippen molar-refractivity contribution in [1.82, 2.24) is 0 Å². The predicted octanol–water partition coefficient (Wildman–Crippen LogP) is 5.42. The van der Waals surface area contributed by atoms with Gasteiger partial charge < -0.3 is 4.74 Å². The van der Waals surface area contributed by atoms with E-state index >= 15 is 0 Å². The highest BCUT2D eigenvalue weighted by Crippen LogP contribution is 2.20. The highest BCUT2D eigenvalue weighted by molar-refractivity contribution is 5.50. The van der Waals surface area contributed by atoms with Crippen LogP contribution >= 0.6 is 0 Å². The molecule has 0 amide bonds. The Balaban J connectivity index is 2.05. The van der Waals surface area contributed by atoms with Crippen molar-refractivity contribution in [2.24, 2.45) is 0 Å². The van der Waals surface area contributed by atoms with Crippen molar-refractivity contribution in [2.45, 2.75) is 26.1 Å². The van der Waals surface area contributed by atoms with Gasteiger partial charge >= 0.3 is 0 Å². The SMILES string of the molecule is CC(C)OC(/C=C/C=C/c1ccccc1)c1ccccc1. The molecular weight excluding hydrogens is 256 g/mol. The number of ether oxygens (including phenoxy) is 1. The van der Waals surface area contributed by atoms with E-state index in [0.29, 0.717) is 0 Å². The van der Waals surface area contributed by atoms with Gasteiger partial charge in [0, 0.05) is 0 Å². The van der Waals surface area contributed by atoms with E-state index in [9.17, 15) is 0 Å². The molecule has 0 N–H and O–H groups in total. The average molecular weight is 278 g/mol. The van der Waals surface area contributed by atoms with Crippen molar-refractivity contribution in [3.8, 4) is 0 Å². The van der Waals surface area contributed by atoms with Gasteiger partial charge in [-0.3, -0.25) is 0 Å². The number of hydrogen-bond donors (Lipinski definition) is 0. The van der Waals surface area contributed by atoms with Crippen molar-refractivity contribution < 1.29 is 4.74 Å². The van der Waals surface area contributed by atoms with Gasteiger partial charge in [-0.1, -0.05) is 85.0 Å². The van der Waals surface area contributed by atoms with Gasteiger partial charge in [-0.15, -0.1) is 0 Å². The summed E-state index contributed by atoms with van der Waals surface area (Å²) in [5.41, 5.74) is 2.37. The van der Waals surface area contributed by atoms with Crippen molar-refractivity contribution in [3.05, 3.63) is 90.0 Å². The first-order valence-corrected chi connectivity index (χ1v) is 7.36. The molecular formula is C20H22O. The van der Waals surface area contributed by atoms with Crippen LogP contribution in [0.4, 0.5) is 0 Å². The molecule has 0 heterocycles. The summed E-state index contributed by atoms with van der Waals surface area (Å²) in [6.07, 6.45) is 8.47. The molecule has 108 valence electrons. The molecule has 0 bridgehead atoms. The molecule has 0 aliphatic rings. The normalized spacial score (nSPS) is 13.3. The second-order valence-electron chi connectivity index (χ2n) is 5.17. The molecule has 2 aromatic carbocycles. The fourth-order valence-electron chi connectivity index (χ4n) is 2.07. The third kappa shape index (κ3) is 5.41. The van der Waals surface area contributed by atoms with Gasteiger partial charge in [-0.2, -0.15) is 0 Å². The third-order valence-electron chi connectivity index (χ3n) is 3.03. The van der Waals surface area contributed by atoms with Crippen LogP contribution < -0.4 is 0 Å².